The number of para-hydroxylation sites is 1. The lowest BCUT2D eigenvalue weighted by Crippen LogP contribution is -2.20. The minimum atomic E-state index is -0.229. The third-order valence-electron chi connectivity index (χ3n) is 3.26. The fraction of sp³-hybridized carbons (Fsp3) is 0.0588. The standard InChI is InChI=1S/C17H12Cl2N2O2/c1-11-20-10-9-15(22)21(11)13-7-8-14(17(19)16(13)18)23-12-5-3-2-4-6-12/h2-10H,1H3. The fourth-order valence-electron chi connectivity index (χ4n) is 2.18. The minimum absolute atomic E-state index is 0.229. The van der Waals surface area contributed by atoms with Crippen molar-refractivity contribution in [3.8, 4) is 17.2 Å². The SMILES string of the molecule is Cc1nccc(=O)n1-c1ccc(Oc2ccccc2)c(Cl)c1Cl. The molecule has 3 rings (SSSR count). The first-order valence-corrected chi connectivity index (χ1v) is 7.59. The number of nitrogens with zero attached hydrogens (tertiary/aromatic N) is 2. The summed E-state index contributed by atoms with van der Waals surface area (Å²) in [6, 6.07) is 14.0. The molecule has 0 fully saturated rings. The van der Waals surface area contributed by atoms with E-state index in [4.69, 9.17) is 27.9 Å². The molecule has 4 nitrogen and oxygen atoms in total. The van der Waals surface area contributed by atoms with Crippen LogP contribution >= 0.6 is 23.2 Å². The molecule has 0 unspecified atom stereocenters. The Balaban J connectivity index is 2.07. The van der Waals surface area contributed by atoms with Gasteiger partial charge in [0.25, 0.3) is 5.56 Å². The number of rotatable bonds is 3. The van der Waals surface area contributed by atoms with Gasteiger partial charge in [-0.25, -0.2) is 4.98 Å². The molecule has 2 aromatic carbocycles. The van der Waals surface area contributed by atoms with Crippen LogP contribution in [-0.4, -0.2) is 9.55 Å². The van der Waals surface area contributed by atoms with E-state index in [9.17, 15) is 4.79 Å². The fourth-order valence-corrected chi connectivity index (χ4v) is 2.62. The summed E-state index contributed by atoms with van der Waals surface area (Å²) in [7, 11) is 0. The van der Waals surface area contributed by atoms with Crippen molar-refractivity contribution in [1.82, 2.24) is 9.55 Å². The molecule has 0 radical (unpaired) electrons. The maximum absolute atomic E-state index is 12.1. The van der Waals surface area contributed by atoms with Crippen molar-refractivity contribution in [3.05, 3.63) is 81.0 Å². The van der Waals surface area contributed by atoms with E-state index < -0.39 is 0 Å². The number of halogens is 2. The molecule has 0 aliphatic carbocycles. The average molecular weight is 347 g/mol. The lowest BCUT2D eigenvalue weighted by Gasteiger charge is -2.14. The van der Waals surface area contributed by atoms with Crippen LogP contribution in [0, 0.1) is 6.92 Å². The van der Waals surface area contributed by atoms with Gasteiger partial charge >= 0.3 is 0 Å². The number of hydrogen-bond acceptors (Lipinski definition) is 3. The highest BCUT2D eigenvalue weighted by Crippen LogP contribution is 2.38. The van der Waals surface area contributed by atoms with Gasteiger partial charge in [-0.1, -0.05) is 41.4 Å². The van der Waals surface area contributed by atoms with Gasteiger partial charge in [0.15, 0.2) is 0 Å². The van der Waals surface area contributed by atoms with E-state index in [1.54, 1.807) is 19.1 Å². The number of benzene rings is 2. The smallest absolute Gasteiger partial charge is 0.258 e. The zero-order chi connectivity index (χ0) is 16.4. The summed E-state index contributed by atoms with van der Waals surface area (Å²) in [4.78, 5) is 16.2. The van der Waals surface area contributed by atoms with Crippen LogP contribution < -0.4 is 10.3 Å². The first-order chi connectivity index (χ1) is 11.1. The van der Waals surface area contributed by atoms with Crippen molar-refractivity contribution in [2.75, 3.05) is 0 Å². The van der Waals surface area contributed by atoms with E-state index in [-0.39, 0.29) is 15.6 Å². The molecule has 0 spiro atoms. The molecule has 1 aromatic heterocycles. The highest BCUT2D eigenvalue weighted by molar-refractivity contribution is 6.44. The van der Waals surface area contributed by atoms with Crippen LogP contribution in [0.4, 0.5) is 0 Å². The molecule has 23 heavy (non-hydrogen) atoms. The summed E-state index contributed by atoms with van der Waals surface area (Å²) in [5, 5.41) is 0.474. The third kappa shape index (κ3) is 3.09. The topological polar surface area (TPSA) is 44.1 Å². The van der Waals surface area contributed by atoms with Gasteiger partial charge in [0.05, 0.1) is 10.7 Å². The van der Waals surface area contributed by atoms with Gasteiger partial charge in [-0.2, -0.15) is 0 Å². The van der Waals surface area contributed by atoms with Crippen LogP contribution in [0.2, 0.25) is 10.0 Å². The second-order valence-corrected chi connectivity index (χ2v) is 5.55. The molecule has 0 amide bonds. The summed E-state index contributed by atoms with van der Waals surface area (Å²) >= 11 is 12.7. The predicted octanol–water partition coefficient (Wildman–Crippen LogP) is 4.64. The van der Waals surface area contributed by atoms with E-state index >= 15 is 0 Å². The Bertz CT molecular complexity index is 908. The molecule has 0 aliphatic heterocycles. The molecule has 0 atom stereocenters. The Morgan fingerprint density at radius 1 is 1.00 bits per heavy atom. The second-order valence-electron chi connectivity index (χ2n) is 4.79. The van der Waals surface area contributed by atoms with Crippen LogP contribution in [0.15, 0.2) is 59.5 Å². The average Bonchev–Trinajstić information content (AvgIpc) is 2.55. The maximum atomic E-state index is 12.1. The van der Waals surface area contributed by atoms with E-state index in [0.29, 0.717) is 23.0 Å². The molecule has 0 bridgehead atoms. The van der Waals surface area contributed by atoms with E-state index in [1.807, 2.05) is 30.3 Å². The summed E-state index contributed by atoms with van der Waals surface area (Å²) in [6.07, 6.45) is 1.45. The van der Waals surface area contributed by atoms with Crippen LogP contribution in [0.1, 0.15) is 5.82 Å². The van der Waals surface area contributed by atoms with Gasteiger partial charge in [0.1, 0.15) is 22.3 Å². The van der Waals surface area contributed by atoms with Gasteiger partial charge in [-0.05, 0) is 31.2 Å². The summed E-state index contributed by atoms with van der Waals surface area (Å²) in [5.41, 5.74) is 0.236. The van der Waals surface area contributed by atoms with Gasteiger partial charge in [0.2, 0.25) is 0 Å². The van der Waals surface area contributed by atoms with Crippen molar-refractivity contribution < 1.29 is 4.74 Å². The van der Waals surface area contributed by atoms with E-state index in [2.05, 4.69) is 4.98 Å². The normalized spacial score (nSPS) is 10.6. The highest BCUT2D eigenvalue weighted by Gasteiger charge is 2.15. The first kappa shape index (κ1) is 15.6. The summed E-state index contributed by atoms with van der Waals surface area (Å²) in [6.45, 7) is 1.72. The molecule has 0 N–H and O–H groups in total. The Kier molecular flexibility index (Phi) is 4.37. The van der Waals surface area contributed by atoms with Crippen LogP contribution in [0.3, 0.4) is 0 Å². The molecule has 6 heteroatoms. The lowest BCUT2D eigenvalue weighted by molar-refractivity contribution is 0.483. The molecule has 0 saturated carbocycles. The van der Waals surface area contributed by atoms with Gasteiger partial charge in [0, 0.05) is 12.3 Å². The Labute approximate surface area is 142 Å². The van der Waals surface area contributed by atoms with Crippen LogP contribution in [0.5, 0.6) is 11.5 Å². The Morgan fingerprint density at radius 2 is 1.74 bits per heavy atom. The molecule has 116 valence electrons. The summed E-state index contributed by atoms with van der Waals surface area (Å²) < 4.78 is 7.13. The van der Waals surface area contributed by atoms with Crippen molar-refractivity contribution in [3.63, 3.8) is 0 Å². The summed E-state index contributed by atoms with van der Waals surface area (Å²) in [5.74, 6) is 1.58. The second kappa shape index (κ2) is 6.44. The third-order valence-corrected chi connectivity index (χ3v) is 4.12. The first-order valence-electron chi connectivity index (χ1n) is 6.84. The molecule has 3 aromatic rings. The van der Waals surface area contributed by atoms with Crippen molar-refractivity contribution >= 4 is 23.2 Å². The highest BCUT2D eigenvalue weighted by atomic mass is 35.5. The van der Waals surface area contributed by atoms with Crippen molar-refractivity contribution in [2.24, 2.45) is 0 Å². The van der Waals surface area contributed by atoms with E-state index in [1.165, 1.54) is 16.8 Å². The zero-order valence-electron chi connectivity index (χ0n) is 12.2. The lowest BCUT2D eigenvalue weighted by atomic mass is 10.2. The number of aryl methyl sites for hydroxylation is 1. The number of hydrogen-bond donors (Lipinski definition) is 0. The van der Waals surface area contributed by atoms with Gasteiger partial charge < -0.3 is 4.74 Å². The molecule has 1 heterocycles. The maximum Gasteiger partial charge on any atom is 0.258 e. The largest absolute Gasteiger partial charge is 0.456 e. The number of aromatic nitrogens is 2. The zero-order valence-corrected chi connectivity index (χ0v) is 13.7. The molecular formula is C17H12Cl2N2O2. The van der Waals surface area contributed by atoms with Crippen LogP contribution in [0.25, 0.3) is 5.69 Å². The molecule has 0 saturated heterocycles. The predicted molar refractivity (Wildman–Crippen MR) is 91.1 cm³/mol. The monoisotopic (exact) mass is 346 g/mol. The Morgan fingerprint density at radius 3 is 2.43 bits per heavy atom. The number of ether oxygens (including phenoxy) is 1. The van der Waals surface area contributed by atoms with Gasteiger partial charge in [-0.3, -0.25) is 9.36 Å². The quantitative estimate of drug-likeness (QED) is 0.693. The van der Waals surface area contributed by atoms with Gasteiger partial charge in [-0.15, -0.1) is 0 Å². The van der Waals surface area contributed by atoms with Crippen molar-refractivity contribution in [1.29, 1.82) is 0 Å². The molecule has 0 aliphatic rings. The molecular weight excluding hydrogens is 335 g/mol. The Hall–Kier alpha value is -2.30. The van der Waals surface area contributed by atoms with Crippen molar-refractivity contribution in [2.45, 2.75) is 6.92 Å². The minimum Gasteiger partial charge on any atom is -0.456 e. The van der Waals surface area contributed by atoms with E-state index in [0.717, 1.165) is 0 Å². The van der Waals surface area contributed by atoms with Crippen LogP contribution in [-0.2, 0) is 0 Å².